The molecule has 2 fully saturated rings. The van der Waals surface area contributed by atoms with Crippen molar-refractivity contribution in [3.05, 3.63) is 34.4 Å². The highest BCUT2D eigenvalue weighted by Crippen LogP contribution is 2.36. The minimum absolute atomic E-state index is 0.172. The van der Waals surface area contributed by atoms with E-state index >= 15 is 0 Å². The van der Waals surface area contributed by atoms with Crippen molar-refractivity contribution in [1.29, 1.82) is 0 Å². The lowest BCUT2D eigenvalue weighted by molar-refractivity contribution is -0.169. The number of rotatable bonds is 5. The minimum Gasteiger partial charge on any atom is -0.321 e. The molecular weight excluding hydrogens is 314 g/mol. The van der Waals surface area contributed by atoms with Gasteiger partial charge in [-0.1, -0.05) is 17.7 Å². The average molecular weight is 345 g/mol. The molecule has 1 aliphatic carbocycles. The predicted molar refractivity (Wildman–Crippen MR) is 99.0 cm³/mol. The molecule has 1 amide bonds. The molecular formula is C20H31N3O2. The van der Waals surface area contributed by atoms with Crippen LogP contribution in [-0.4, -0.2) is 47.8 Å². The number of nitrogens with zero attached hydrogens (tertiary/aromatic N) is 2. The molecule has 1 aromatic carbocycles. The van der Waals surface area contributed by atoms with Gasteiger partial charge in [-0.05, 0) is 63.1 Å². The molecule has 25 heavy (non-hydrogen) atoms. The Morgan fingerprint density at radius 3 is 2.28 bits per heavy atom. The minimum atomic E-state index is -0.542. The zero-order valence-corrected chi connectivity index (χ0v) is 16.0. The second-order valence-electron chi connectivity index (χ2n) is 7.76. The quantitative estimate of drug-likeness (QED) is 0.833. The Hall–Kier alpha value is -1.43. The molecule has 0 aromatic heterocycles. The van der Waals surface area contributed by atoms with E-state index < -0.39 is 5.66 Å². The number of benzene rings is 1. The van der Waals surface area contributed by atoms with Crippen molar-refractivity contribution in [2.24, 2.45) is 5.73 Å². The van der Waals surface area contributed by atoms with E-state index in [9.17, 15) is 4.79 Å². The van der Waals surface area contributed by atoms with E-state index in [2.05, 4.69) is 32.9 Å². The van der Waals surface area contributed by atoms with Crippen LogP contribution in [0.25, 0.3) is 0 Å². The van der Waals surface area contributed by atoms with Gasteiger partial charge in [0.2, 0.25) is 5.91 Å². The lowest BCUT2D eigenvalue weighted by Gasteiger charge is -2.46. The molecule has 5 heteroatoms. The first-order valence-electron chi connectivity index (χ1n) is 9.31. The summed E-state index contributed by atoms with van der Waals surface area (Å²) in [5, 5.41) is 1.93. The van der Waals surface area contributed by atoms with Gasteiger partial charge in [0.15, 0.2) is 0 Å². The summed E-state index contributed by atoms with van der Waals surface area (Å²) in [6.07, 6.45) is 4.11. The number of aryl methyl sites for hydroxylation is 3. The Kier molecular flexibility index (Phi) is 5.19. The maximum absolute atomic E-state index is 13.2. The standard InChI is InChI=1S/C20H31N3O2/c1-14-11-15(2)18(16(3)12-14)13-19(24)23(17-5-6-17)20(21)7-9-22(25-4)10-8-20/h11-12,17H,5-10,13,21H2,1-4H3. The number of nitrogens with two attached hydrogens (primary N) is 1. The summed E-state index contributed by atoms with van der Waals surface area (Å²) in [5.74, 6) is 0.172. The smallest absolute Gasteiger partial charge is 0.228 e. The van der Waals surface area contributed by atoms with Crippen LogP contribution in [0.2, 0.25) is 0 Å². The van der Waals surface area contributed by atoms with Crippen molar-refractivity contribution < 1.29 is 9.63 Å². The van der Waals surface area contributed by atoms with Gasteiger partial charge < -0.3 is 15.5 Å². The van der Waals surface area contributed by atoms with E-state index in [0.29, 0.717) is 12.5 Å². The Morgan fingerprint density at radius 2 is 1.80 bits per heavy atom. The van der Waals surface area contributed by atoms with Crippen molar-refractivity contribution in [2.75, 3.05) is 20.2 Å². The van der Waals surface area contributed by atoms with Gasteiger partial charge in [-0.2, -0.15) is 5.06 Å². The molecule has 0 spiro atoms. The molecule has 2 aliphatic rings. The van der Waals surface area contributed by atoms with Crippen LogP contribution in [0.5, 0.6) is 0 Å². The van der Waals surface area contributed by atoms with Crippen molar-refractivity contribution in [1.82, 2.24) is 9.96 Å². The van der Waals surface area contributed by atoms with Gasteiger partial charge in [0.1, 0.15) is 0 Å². The number of amides is 1. The largest absolute Gasteiger partial charge is 0.321 e. The van der Waals surface area contributed by atoms with Crippen molar-refractivity contribution in [3.8, 4) is 0 Å². The SMILES string of the molecule is CON1CCC(N)(N(C(=O)Cc2c(C)cc(C)cc2C)C2CC2)CC1. The van der Waals surface area contributed by atoms with Crippen LogP contribution in [0.1, 0.15) is 47.9 Å². The fourth-order valence-corrected chi connectivity index (χ4v) is 4.17. The molecule has 1 aliphatic heterocycles. The van der Waals surface area contributed by atoms with Crippen LogP contribution in [-0.2, 0) is 16.1 Å². The number of hydrogen-bond donors (Lipinski definition) is 1. The number of hydroxylamine groups is 2. The third-order valence-electron chi connectivity index (χ3n) is 5.68. The van der Waals surface area contributed by atoms with Crippen LogP contribution < -0.4 is 5.73 Å². The summed E-state index contributed by atoms with van der Waals surface area (Å²) in [5.41, 5.74) is 11.0. The summed E-state index contributed by atoms with van der Waals surface area (Å²) < 4.78 is 0. The molecule has 0 radical (unpaired) electrons. The van der Waals surface area contributed by atoms with Crippen molar-refractivity contribution >= 4 is 5.91 Å². The number of piperidine rings is 1. The van der Waals surface area contributed by atoms with Crippen LogP contribution in [0.3, 0.4) is 0 Å². The van der Waals surface area contributed by atoms with E-state index in [0.717, 1.165) is 44.3 Å². The fraction of sp³-hybridized carbons (Fsp3) is 0.650. The molecule has 0 unspecified atom stereocenters. The highest BCUT2D eigenvalue weighted by atomic mass is 16.7. The van der Waals surface area contributed by atoms with E-state index in [-0.39, 0.29) is 5.91 Å². The summed E-state index contributed by atoms with van der Waals surface area (Å²) in [6, 6.07) is 4.64. The Balaban J connectivity index is 1.79. The Labute approximate surface area is 151 Å². The summed E-state index contributed by atoms with van der Waals surface area (Å²) in [4.78, 5) is 20.6. The first-order chi connectivity index (χ1) is 11.8. The monoisotopic (exact) mass is 345 g/mol. The van der Waals surface area contributed by atoms with E-state index in [1.165, 1.54) is 16.7 Å². The maximum Gasteiger partial charge on any atom is 0.228 e. The second kappa shape index (κ2) is 7.06. The molecule has 1 aromatic rings. The van der Waals surface area contributed by atoms with Gasteiger partial charge in [-0.25, -0.2) is 0 Å². The third-order valence-corrected chi connectivity index (χ3v) is 5.68. The number of carbonyl (C=O) groups excluding carboxylic acids is 1. The first kappa shape index (κ1) is 18.4. The normalized spacial score (nSPS) is 20.5. The van der Waals surface area contributed by atoms with Gasteiger partial charge >= 0.3 is 0 Å². The second-order valence-corrected chi connectivity index (χ2v) is 7.76. The van der Waals surface area contributed by atoms with Gasteiger partial charge in [0.25, 0.3) is 0 Å². The lowest BCUT2D eigenvalue weighted by Crippen LogP contribution is -2.64. The maximum atomic E-state index is 13.2. The molecule has 1 saturated heterocycles. The molecule has 138 valence electrons. The average Bonchev–Trinajstić information content (AvgIpc) is 3.36. The van der Waals surface area contributed by atoms with Gasteiger partial charge in [-0.15, -0.1) is 0 Å². The highest BCUT2D eigenvalue weighted by molar-refractivity contribution is 5.81. The summed E-state index contributed by atoms with van der Waals surface area (Å²) in [7, 11) is 1.69. The molecule has 5 nitrogen and oxygen atoms in total. The zero-order valence-electron chi connectivity index (χ0n) is 16.0. The Bertz CT molecular complexity index is 623. The molecule has 1 heterocycles. The third kappa shape index (κ3) is 3.89. The zero-order chi connectivity index (χ0) is 18.2. The van der Waals surface area contributed by atoms with Crippen LogP contribution in [0.15, 0.2) is 12.1 Å². The first-order valence-corrected chi connectivity index (χ1v) is 9.31. The van der Waals surface area contributed by atoms with Gasteiger partial charge in [0, 0.05) is 19.1 Å². The van der Waals surface area contributed by atoms with Crippen LogP contribution >= 0.6 is 0 Å². The van der Waals surface area contributed by atoms with E-state index in [1.807, 2.05) is 9.96 Å². The fourth-order valence-electron chi connectivity index (χ4n) is 4.17. The Morgan fingerprint density at radius 1 is 1.24 bits per heavy atom. The lowest BCUT2D eigenvalue weighted by atomic mass is 9.93. The summed E-state index contributed by atoms with van der Waals surface area (Å²) >= 11 is 0. The molecule has 0 bridgehead atoms. The number of carbonyl (C=O) groups is 1. The predicted octanol–water partition coefficient (Wildman–Crippen LogP) is 2.46. The van der Waals surface area contributed by atoms with Crippen molar-refractivity contribution in [3.63, 3.8) is 0 Å². The van der Waals surface area contributed by atoms with Crippen LogP contribution in [0.4, 0.5) is 0 Å². The van der Waals surface area contributed by atoms with Crippen molar-refractivity contribution in [2.45, 2.75) is 64.6 Å². The topological polar surface area (TPSA) is 58.8 Å². The molecule has 3 rings (SSSR count). The highest BCUT2D eigenvalue weighted by Gasteiger charge is 2.46. The van der Waals surface area contributed by atoms with Gasteiger partial charge in [-0.3, -0.25) is 4.79 Å². The van der Waals surface area contributed by atoms with Gasteiger partial charge in [0.05, 0.1) is 19.2 Å². The summed E-state index contributed by atoms with van der Waals surface area (Å²) in [6.45, 7) is 7.83. The molecule has 0 atom stereocenters. The van der Waals surface area contributed by atoms with E-state index in [1.54, 1.807) is 7.11 Å². The van der Waals surface area contributed by atoms with Crippen LogP contribution in [0, 0.1) is 20.8 Å². The molecule has 2 N–H and O–H groups in total. The number of hydrogen-bond acceptors (Lipinski definition) is 4. The molecule has 1 saturated carbocycles. The van der Waals surface area contributed by atoms with E-state index in [4.69, 9.17) is 10.6 Å².